The number of nitrogens with one attached hydrogen (secondary N) is 1. The summed E-state index contributed by atoms with van der Waals surface area (Å²) in [7, 11) is 0. The molecule has 0 spiro atoms. The Bertz CT molecular complexity index is 830. The number of amides is 2. The highest BCUT2D eigenvalue weighted by Gasteiger charge is 2.41. The summed E-state index contributed by atoms with van der Waals surface area (Å²) in [5.41, 5.74) is 1.41. The number of benzene rings is 2. The van der Waals surface area contributed by atoms with E-state index in [9.17, 15) is 9.59 Å². The number of hydrogen-bond acceptors (Lipinski definition) is 3. The summed E-state index contributed by atoms with van der Waals surface area (Å²) in [5.74, 6) is 0.0472. The number of rotatable bonds is 5. The molecular weight excluding hydrogens is 328 g/mol. The molecule has 2 aromatic rings. The molecule has 0 bridgehead atoms. The van der Waals surface area contributed by atoms with Gasteiger partial charge in [-0.15, -0.1) is 0 Å². The highest BCUT2D eigenvalue weighted by Crippen LogP contribution is 2.33. The number of nitrogens with zero attached hydrogens (tertiary/aromatic N) is 1. The lowest BCUT2D eigenvalue weighted by Crippen LogP contribution is -2.47. The molecule has 0 atom stereocenters. The lowest BCUT2D eigenvalue weighted by atomic mass is 9.90. The van der Waals surface area contributed by atoms with E-state index in [1.807, 2.05) is 43.3 Å². The number of anilines is 2. The number of fused-ring (bicyclic) bond motifs is 1. The van der Waals surface area contributed by atoms with Gasteiger partial charge in [0.05, 0.1) is 12.3 Å². The first-order valence-corrected chi connectivity index (χ1v) is 8.88. The predicted molar refractivity (Wildman–Crippen MR) is 103 cm³/mol. The Morgan fingerprint density at radius 2 is 1.81 bits per heavy atom. The van der Waals surface area contributed by atoms with Gasteiger partial charge in [0.25, 0.3) is 0 Å². The Morgan fingerprint density at radius 1 is 1.12 bits per heavy atom. The molecule has 2 amide bonds. The van der Waals surface area contributed by atoms with Gasteiger partial charge in [-0.3, -0.25) is 9.59 Å². The molecule has 1 aliphatic heterocycles. The van der Waals surface area contributed by atoms with Crippen molar-refractivity contribution in [3.05, 3.63) is 54.1 Å². The van der Waals surface area contributed by atoms with Crippen LogP contribution in [0.4, 0.5) is 11.4 Å². The van der Waals surface area contributed by atoms with Gasteiger partial charge in [-0.05, 0) is 51.0 Å². The molecule has 0 radical (unpaired) electrons. The molecule has 0 saturated heterocycles. The SMILES string of the molecule is CCOc1ccccc1NC(=O)C(C)(C)C(=O)N1CCc2ccccc21. The molecule has 2 aromatic carbocycles. The van der Waals surface area contributed by atoms with E-state index in [0.29, 0.717) is 24.6 Å². The third kappa shape index (κ3) is 3.29. The number of hydrogen-bond donors (Lipinski definition) is 1. The highest BCUT2D eigenvalue weighted by atomic mass is 16.5. The summed E-state index contributed by atoms with van der Waals surface area (Å²) in [6.07, 6.45) is 0.812. The van der Waals surface area contributed by atoms with Gasteiger partial charge in [-0.2, -0.15) is 0 Å². The van der Waals surface area contributed by atoms with Crippen molar-refractivity contribution >= 4 is 23.2 Å². The first kappa shape index (κ1) is 18.0. The lowest BCUT2D eigenvalue weighted by Gasteiger charge is -2.29. The molecule has 1 aliphatic rings. The number of carbonyl (C=O) groups is 2. The van der Waals surface area contributed by atoms with E-state index in [1.165, 1.54) is 0 Å². The van der Waals surface area contributed by atoms with Crippen molar-refractivity contribution < 1.29 is 14.3 Å². The minimum atomic E-state index is -1.20. The zero-order valence-electron chi connectivity index (χ0n) is 15.4. The van der Waals surface area contributed by atoms with Crippen molar-refractivity contribution in [2.24, 2.45) is 5.41 Å². The van der Waals surface area contributed by atoms with Gasteiger partial charge in [0.2, 0.25) is 11.8 Å². The number of carbonyl (C=O) groups excluding carboxylic acids is 2. The van der Waals surface area contributed by atoms with E-state index in [4.69, 9.17) is 4.74 Å². The van der Waals surface area contributed by atoms with Gasteiger partial charge in [-0.1, -0.05) is 30.3 Å². The molecule has 5 nitrogen and oxygen atoms in total. The van der Waals surface area contributed by atoms with E-state index in [-0.39, 0.29) is 11.8 Å². The van der Waals surface area contributed by atoms with E-state index < -0.39 is 5.41 Å². The minimum absolute atomic E-state index is 0.200. The van der Waals surface area contributed by atoms with Crippen molar-refractivity contribution in [2.75, 3.05) is 23.4 Å². The van der Waals surface area contributed by atoms with Gasteiger partial charge in [0, 0.05) is 12.2 Å². The van der Waals surface area contributed by atoms with Gasteiger partial charge < -0.3 is 15.0 Å². The van der Waals surface area contributed by atoms with Crippen LogP contribution in [0.5, 0.6) is 5.75 Å². The molecule has 3 rings (SSSR count). The Balaban J connectivity index is 1.80. The second-order valence-corrected chi connectivity index (χ2v) is 6.84. The fraction of sp³-hybridized carbons (Fsp3) is 0.333. The molecule has 5 heteroatoms. The number of para-hydroxylation sites is 3. The van der Waals surface area contributed by atoms with Crippen LogP contribution in [-0.4, -0.2) is 25.0 Å². The summed E-state index contributed by atoms with van der Waals surface area (Å²) in [6.45, 7) is 6.31. The molecule has 0 fully saturated rings. The minimum Gasteiger partial charge on any atom is -0.492 e. The first-order valence-electron chi connectivity index (χ1n) is 8.88. The van der Waals surface area contributed by atoms with E-state index >= 15 is 0 Å². The molecule has 0 aromatic heterocycles. The topological polar surface area (TPSA) is 58.6 Å². The third-order valence-corrected chi connectivity index (χ3v) is 4.67. The zero-order valence-corrected chi connectivity index (χ0v) is 15.4. The van der Waals surface area contributed by atoms with Crippen LogP contribution >= 0.6 is 0 Å². The smallest absolute Gasteiger partial charge is 0.242 e. The monoisotopic (exact) mass is 352 g/mol. The summed E-state index contributed by atoms with van der Waals surface area (Å²) < 4.78 is 5.55. The Morgan fingerprint density at radius 3 is 2.58 bits per heavy atom. The molecule has 0 saturated carbocycles. The van der Waals surface area contributed by atoms with E-state index in [1.54, 1.807) is 30.9 Å². The first-order chi connectivity index (χ1) is 12.4. The average Bonchev–Trinajstić information content (AvgIpc) is 3.06. The van der Waals surface area contributed by atoms with Crippen LogP contribution in [0.1, 0.15) is 26.3 Å². The summed E-state index contributed by atoms with van der Waals surface area (Å²) in [5, 5.41) is 2.85. The second kappa shape index (κ2) is 7.20. The van der Waals surface area contributed by atoms with E-state index in [0.717, 1.165) is 17.7 Å². The molecule has 0 aliphatic carbocycles. The van der Waals surface area contributed by atoms with Gasteiger partial charge in [-0.25, -0.2) is 0 Å². The third-order valence-electron chi connectivity index (χ3n) is 4.67. The summed E-state index contributed by atoms with van der Waals surface area (Å²) in [6, 6.07) is 15.1. The van der Waals surface area contributed by atoms with Crippen molar-refractivity contribution in [2.45, 2.75) is 27.2 Å². The molecule has 0 unspecified atom stereocenters. The Kier molecular flexibility index (Phi) is 4.98. The molecule has 1 N–H and O–H groups in total. The quantitative estimate of drug-likeness (QED) is 0.836. The van der Waals surface area contributed by atoms with Gasteiger partial charge >= 0.3 is 0 Å². The maximum absolute atomic E-state index is 13.1. The molecule has 136 valence electrons. The standard InChI is InChI=1S/C21H24N2O3/c1-4-26-18-12-8-6-10-16(18)22-19(24)21(2,3)20(25)23-14-13-15-9-5-7-11-17(15)23/h5-12H,4,13-14H2,1-3H3,(H,22,24). The Labute approximate surface area is 154 Å². The lowest BCUT2D eigenvalue weighted by molar-refractivity contribution is -0.136. The largest absolute Gasteiger partial charge is 0.492 e. The predicted octanol–water partition coefficient (Wildman–Crippen LogP) is 3.64. The maximum Gasteiger partial charge on any atom is 0.242 e. The van der Waals surface area contributed by atoms with Crippen molar-refractivity contribution in [3.8, 4) is 5.75 Å². The second-order valence-electron chi connectivity index (χ2n) is 6.84. The Hall–Kier alpha value is -2.82. The van der Waals surface area contributed by atoms with Crippen molar-refractivity contribution in [1.82, 2.24) is 0 Å². The van der Waals surface area contributed by atoms with Crippen LogP contribution in [0.3, 0.4) is 0 Å². The summed E-state index contributed by atoms with van der Waals surface area (Å²) >= 11 is 0. The zero-order chi connectivity index (χ0) is 18.7. The normalized spacial score (nSPS) is 13.3. The van der Waals surface area contributed by atoms with Crippen LogP contribution in [0.2, 0.25) is 0 Å². The maximum atomic E-state index is 13.1. The van der Waals surface area contributed by atoms with E-state index in [2.05, 4.69) is 5.32 Å². The van der Waals surface area contributed by atoms with Gasteiger partial charge in [0.1, 0.15) is 11.2 Å². The van der Waals surface area contributed by atoms with Crippen LogP contribution in [-0.2, 0) is 16.0 Å². The molecule has 1 heterocycles. The molecular formula is C21H24N2O3. The number of ether oxygens (including phenoxy) is 1. The molecule has 26 heavy (non-hydrogen) atoms. The van der Waals surface area contributed by atoms with Crippen LogP contribution < -0.4 is 15.0 Å². The highest BCUT2D eigenvalue weighted by molar-refractivity contribution is 6.15. The van der Waals surface area contributed by atoms with Crippen LogP contribution in [0.15, 0.2) is 48.5 Å². The van der Waals surface area contributed by atoms with Crippen molar-refractivity contribution in [1.29, 1.82) is 0 Å². The fourth-order valence-electron chi connectivity index (χ4n) is 3.11. The summed E-state index contributed by atoms with van der Waals surface area (Å²) in [4.78, 5) is 27.7. The van der Waals surface area contributed by atoms with Crippen LogP contribution in [0, 0.1) is 5.41 Å². The van der Waals surface area contributed by atoms with Crippen LogP contribution in [0.25, 0.3) is 0 Å². The van der Waals surface area contributed by atoms with Gasteiger partial charge in [0.15, 0.2) is 0 Å². The van der Waals surface area contributed by atoms with Crippen molar-refractivity contribution in [3.63, 3.8) is 0 Å². The fourth-order valence-corrected chi connectivity index (χ4v) is 3.11. The average molecular weight is 352 g/mol.